The molecule has 0 saturated heterocycles. The van der Waals surface area contributed by atoms with Gasteiger partial charge in [-0.1, -0.05) is 6.92 Å². The number of halogens is 1. The lowest BCUT2D eigenvalue weighted by molar-refractivity contribution is -0.703. The van der Waals surface area contributed by atoms with Crippen LogP contribution in [-0.2, 0) is 10.1 Å². The van der Waals surface area contributed by atoms with Gasteiger partial charge < -0.3 is 0 Å². The van der Waals surface area contributed by atoms with Gasteiger partial charge in [-0.2, -0.15) is 13.0 Å². The van der Waals surface area contributed by atoms with Gasteiger partial charge in [0.25, 0.3) is 5.37 Å². The van der Waals surface area contributed by atoms with Crippen molar-refractivity contribution in [3.05, 3.63) is 29.0 Å². The molecule has 14 heavy (non-hydrogen) atoms. The van der Waals surface area contributed by atoms with E-state index in [1.54, 1.807) is 31.5 Å². The zero-order valence-electron chi connectivity index (χ0n) is 7.59. The topological polar surface area (TPSA) is 58.2 Å². The highest BCUT2D eigenvalue weighted by atomic mass is 79.9. The molecule has 0 aliphatic rings. The molecule has 1 aromatic heterocycles. The molecule has 0 aromatic carbocycles. The maximum absolute atomic E-state index is 11.0. The predicted octanol–water partition coefficient (Wildman–Crippen LogP) is 1.53. The molecule has 0 saturated carbocycles. The average Bonchev–Trinajstić information content (AvgIpc) is 2.02. The Morgan fingerprint density at radius 2 is 2.29 bits per heavy atom. The highest BCUT2D eigenvalue weighted by Crippen LogP contribution is 2.12. The summed E-state index contributed by atoms with van der Waals surface area (Å²) < 4.78 is 33.2. The van der Waals surface area contributed by atoms with Crippen molar-refractivity contribution in [2.45, 2.75) is 18.7 Å². The van der Waals surface area contributed by atoms with Crippen molar-refractivity contribution in [2.75, 3.05) is 0 Å². The van der Waals surface area contributed by atoms with E-state index in [4.69, 9.17) is 4.55 Å². The van der Waals surface area contributed by atoms with Crippen LogP contribution in [-0.4, -0.2) is 13.0 Å². The van der Waals surface area contributed by atoms with Crippen LogP contribution in [0.25, 0.3) is 0 Å². The molecule has 78 valence electrons. The quantitative estimate of drug-likeness (QED) is 0.675. The molecule has 1 unspecified atom stereocenters. The van der Waals surface area contributed by atoms with E-state index in [0.29, 0.717) is 6.42 Å². The largest absolute Gasteiger partial charge is 0.329 e. The van der Waals surface area contributed by atoms with Crippen LogP contribution in [0.15, 0.2) is 29.0 Å². The van der Waals surface area contributed by atoms with Crippen molar-refractivity contribution >= 4 is 26.0 Å². The molecule has 0 fully saturated rings. The third-order valence-corrected chi connectivity index (χ3v) is 3.55. The molecule has 4 nitrogen and oxygen atoms in total. The van der Waals surface area contributed by atoms with E-state index < -0.39 is 15.5 Å². The number of hydrogen-bond donors (Lipinski definition) is 1. The Morgan fingerprint density at radius 3 is 2.71 bits per heavy atom. The second-order valence-electron chi connectivity index (χ2n) is 2.85. The van der Waals surface area contributed by atoms with E-state index in [-0.39, 0.29) is 0 Å². The SMILES string of the molecule is CCC([n+]1cccc(Br)c1)S(=O)(=O)O. The van der Waals surface area contributed by atoms with Gasteiger partial charge in [-0.05, 0) is 22.0 Å². The van der Waals surface area contributed by atoms with Crippen LogP contribution in [0.2, 0.25) is 0 Å². The second kappa shape index (κ2) is 4.37. The Morgan fingerprint density at radius 1 is 1.64 bits per heavy atom. The smallest absolute Gasteiger partial charge is 0.280 e. The number of rotatable bonds is 3. The maximum atomic E-state index is 11.0. The van der Waals surface area contributed by atoms with Crippen molar-refractivity contribution in [3.8, 4) is 0 Å². The van der Waals surface area contributed by atoms with Gasteiger partial charge in [-0.3, -0.25) is 4.55 Å². The number of nitrogens with zero attached hydrogens (tertiary/aromatic N) is 1. The first-order valence-electron chi connectivity index (χ1n) is 4.07. The molecule has 0 amide bonds. The van der Waals surface area contributed by atoms with Gasteiger partial charge in [-0.15, -0.1) is 0 Å². The van der Waals surface area contributed by atoms with Crippen LogP contribution in [0.5, 0.6) is 0 Å². The fourth-order valence-corrected chi connectivity index (χ4v) is 2.47. The Hall–Kier alpha value is -0.460. The molecule has 0 bridgehead atoms. The van der Waals surface area contributed by atoms with E-state index in [2.05, 4.69) is 15.9 Å². The van der Waals surface area contributed by atoms with Crippen LogP contribution < -0.4 is 4.57 Å². The van der Waals surface area contributed by atoms with Crippen LogP contribution in [0.4, 0.5) is 0 Å². The zero-order valence-corrected chi connectivity index (χ0v) is 9.99. The summed E-state index contributed by atoms with van der Waals surface area (Å²) in [7, 11) is -4.04. The maximum Gasteiger partial charge on any atom is 0.329 e. The molecule has 1 rings (SSSR count). The summed E-state index contributed by atoms with van der Waals surface area (Å²) in [6.45, 7) is 1.70. The van der Waals surface area contributed by atoms with Crippen molar-refractivity contribution in [2.24, 2.45) is 0 Å². The molecular formula is C8H11BrNO3S+. The van der Waals surface area contributed by atoms with Crippen LogP contribution >= 0.6 is 15.9 Å². The fourth-order valence-electron chi connectivity index (χ4n) is 1.22. The molecule has 1 atom stereocenters. The lowest BCUT2D eigenvalue weighted by Crippen LogP contribution is -2.42. The summed E-state index contributed by atoms with van der Waals surface area (Å²) in [5.74, 6) is 0. The summed E-state index contributed by atoms with van der Waals surface area (Å²) in [4.78, 5) is 0. The van der Waals surface area contributed by atoms with Crippen molar-refractivity contribution in [3.63, 3.8) is 0 Å². The van der Waals surface area contributed by atoms with E-state index in [9.17, 15) is 8.42 Å². The summed E-state index contributed by atoms with van der Waals surface area (Å²) in [6, 6.07) is 3.49. The molecule has 0 spiro atoms. The summed E-state index contributed by atoms with van der Waals surface area (Å²) in [6.07, 6.45) is 3.54. The average molecular weight is 281 g/mol. The normalized spacial score (nSPS) is 13.9. The van der Waals surface area contributed by atoms with E-state index in [0.717, 1.165) is 4.47 Å². The molecule has 1 aromatic rings. The molecule has 6 heteroatoms. The first-order chi connectivity index (χ1) is 6.45. The number of pyridine rings is 1. The first kappa shape index (κ1) is 11.6. The van der Waals surface area contributed by atoms with Gasteiger partial charge in [0.05, 0.1) is 4.47 Å². The Kier molecular flexibility index (Phi) is 3.63. The summed E-state index contributed by atoms with van der Waals surface area (Å²) in [5.41, 5.74) is 0. The van der Waals surface area contributed by atoms with Gasteiger partial charge in [0.2, 0.25) is 0 Å². The minimum atomic E-state index is -4.04. The standard InChI is InChI=1S/C8H10BrNO3S/c1-2-8(14(11,12)13)10-5-3-4-7(9)6-10/h3-6,8H,2H2,1H3/p+1. The third kappa shape index (κ3) is 2.76. The van der Waals surface area contributed by atoms with Crippen LogP contribution in [0, 0.1) is 0 Å². The van der Waals surface area contributed by atoms with E-state index in [1.807, 2.05) is 0 Å². The van der Waals surface area contributed by atoms with Crippen molar-refractivity contribution in [1.29, 1.82) is 0 Å². The first-order valence-corrected chi connectivity index (χ1v) is 6.37. The Bertz CT molecular complexity index is 418. The van der Waals surface area contributed by atoms with Crippen molar-refractivity contribution in [1.82, 2.24) is 0 Å². The highest BCUT2D eigenvalue weighted by Gasteiger charge is 2.29. The zero-order chi connectivity index (χ0) is 10.8. The minimum Gasteiger partial charge on any atom is -0.280 e. The van der Waals surface area contributed by atoms with Crippen LogP contribution in [0.1, 0.15) is 18.7 Å². The van der Waals surface area contributed by atoms with Gasteiger partial charge >= 0.3 is 10.1 Å². The van der Waals surface area contributed by atoms with E-state index >= 15 is 0 Å². The highest BCUT2D eigenvalue weighted by molar-refractivity contribution is 9.10. The molecule has 1 heterocycles. The monoisotopic (exact) mass is 280 g/mol. The van der Waals surface area contributed by atoms with Crippen LogP contribution in [0.3, 0.4) is 0 Å². The Labute approximate surface area is 91.5 Å². The fraction of sp³-hybridized carbons (Fsp3) is 0.375. The van der Waals surface area contributed by atoms with Gasteiger partial charge in [0.1, 0.15) is 0 Å². The van der Waals surface area contributed by atoms with Crippen molar-refractivity contribution < 1.29 is 17.5 Å². The van der Waals surface area contributed by atoms with Gasteiger partial charge in [-0.25, -0.2) is 0 Å². The lowest BCUT2D eigenvalue weighted by Gasteiger charge is -2.06. The Balaban J connectivity index is 3.14. The molecule has 0 radical (unpaired) electrons. The lowest BCUT2D eigenvalue weighted by atomic mass is 10.4. The molecular weight excluding hydrogens is 270 g/mol. The summed E-state index contributed by atoms with van der Waals surface area (Å²) in [5, 5.41) is -0.917. The summed E-state index contributed by atoms with van der Waals surface area (Å²) >= 11 is 3.23. The van der Waals surface area contributed by atoms with E-state index in [1.165, 1.54) is 4.57 Å². The minimum absolute atomic E-state index is 0.319. The van der Waals surface area contributed by atoms with Gasteiger partial charge in [0.15, 0.2) is 12.4 Å². The third-order valence-electron chi connectivity index (χ3n) is 1.81. The van der Waals surface area contributed by atoms with Gasteiger partial charge in [0, 0.05) is 12.5 Å². The molecule has 0 aliphatic heterocycles. The second-order valence-corrected chi connectivity index (χ2v) is 5.34. The number of hydrogen-bond acceptors (Lipinski definition) is 2. The molecule has 0 aliphatic carbocycles. The number of aromatic nitrogens is 1. The molecule has 1 N–H and O–H groups in total. The predicted molar refractivity (Wildman–Crippen MR) is 55.2 cm³/mol.